The van der Waals surface area contributed by atoms with Gasteiger partial charge in [-0.25, -0.2) is 0 Å². The second-order valence-corrected chi connectivity index (χ2v) is 9.02. The molecule has 0 bridgehead atoms. The Morgan fingerprint density at radius 1 is 1.04 bits per heavy atom. The summed E-state index contributed by atoms with van der Waals surface area (Å²) in [6.07, 6.45) is 0. The summed E-state index contributed by atoms with van der Waals surface area (Å²) in [6, 6.07) is 15.7. The maximum absolute atomic E-state index is 13.8. The molecule has 0 amide bonds. The lowest BCUT2D eigenvalue weighted by Gasteiger charge is -2.29. The molecule has 0 spiro atoms. The fourth-order valence-electron chi connectivity index (χ4n) is 4.23. The molecule has 3 atom stereocenters. The van der Waals surface area contributed by atoms with Crippen LogP contribution in [-0.4, -0.2) is 30.1 Å². The largest absolute Gasteiger partial charge is 0.425 e. The summed E-state index contributed by atoms with van der Waals surface area (Å²) in [5, 5.41) is -1.65. The van der Waals surface area contributed by atoms with Gasteiger partial charge in [0, 0.05) is 17.0 Å². The van der Waals surface area contributed by atoms with Crippen LogP contribution in [0.25, 0.3) is 0 Å². The molecule has 2 aliphatic rings. The van der Waals surface area contributed by atoms with Crippen LogP contribution >= 0.6 is 7.60 Å². The van der Waals surface area contributed by atoms with Crippen LogP contribution in [-0.2, 0) is 18.4 Å². The second-order valence-electron chi connectivity index (χ2n) is 6.77. The van der Waals surface area contributed by atoms with Gasteiger partial charge in [0.1, 0.15) is 5.75 Å². The summed E-state index contributed by atoms with van der Waals surface area (Å²) >= 11 is 0. The highest BCUT2D eigenvalue weighted by atomic mass is 31.2. The van der Waals surface area contributed by atoms with E-state index in [0.29, 0.717) is 16.9 Å². The molecule has 0 aromatic heterocycles. The van der Waals surface area contributed by atoms with Gasteiger partial charge in [-0.2, -0.15) is 0 Å². The molecule has 1 fully saturated rings. The standard InChI is InChI=1S/C21H21O6P/c1-3-25-28(24,26-4-2)21-17(15-12-8-9-13-16(15)27-20(21)23)18(21)19(22)14-10-6-5-7-11-14/h5-13,17-18H,3-4H2,1-2H3/t17-,18+,21+/m0/s1. The molecule has 2 aromatic rings. The third-order valence-electron chi connectivity index (χ3n) is 5.35. The first kappa shape index (κ1) is 19.1. The maximum atomic E-state index is 13.8. The second kappa shape index (κ2) is 6.96. The molecular weight excluding hydrogens is 379 g/mol. The van der Waals surface area contributed by atoms with Crippen molar-refractivity contribution in [3.05, 3.63) is 65.7 Å². The van der Waals surface area contributed by atoms with Gasteiger partial charge in [0.2, 0.25) is 0 Å². The smallest absolute Gasteiger partial charge is 0.349 e. The molecule has 1 saturated carbocycles. The van der Waals surface area contributed by atoms with Gasteiger partial charge in [-0.1, -0.05) is 48.5 Å². The van der Waals surface area contributed by atoms with Crippen molar-refractivity contribution in [3.8, 4) is 5.75 Å². The van der Waals surface area contributed by atoms with Gasteiger partial charge in [-0.05, 0) is 19.9 Å². The molecule has 0 N–H and O–H groups in total. The molecule has 146 valence electrons. The van der Waals surface area contributed by atoms with Crippen molar-refractivity contribution < 1.29 is 27.9 Å². The van der Waals surface area contributed by atoms with E-state index in [1.54, 1.807) is 68.4 Å². The number of para-hydroxylation sites is 1. The van der Waals surface area contributed by atoms with E-state index in [-0.39, 0.29) is 19.0 Å². The summed E-state index contributed by atoms with van der Waals surface area (Å²) in [5.74, 6) is -2.08. The zero-order chi connectivity index (χ0) is 19.9. The highest BCUT2D eigenvalue weighted by molar-refractivity contribution is 7.57. The molecule has 28 heavy (non-hydrogen) atoms. The SMILES string of the molecule is CCOP(=O)(OCC)[C@]12C(=O)Oc3ccccc3[C@H]1[C@@H]2C(=O)c1ccccc1. The Morgan fingerprint density at radius 2 is 1.64 bits per heavy atom. The number of benzene rings is 2. The minimum atomic E-state index is -3.97. The lowest BCUT2D eigenvalue weighted by atomic mass is 10.0. The van der Waals surface area contributed by atoms with Crippen molar-refractivity contribution in [2.45, 2.75) is 24.9 Å². The number of hydrogen-bond donors (Lipinski definition) is 0. The normalized spacial score (nSPS) is 25.4. The maximum Gasteiger partial charge on any atom is 0.349 e. The summed E-state index contributed by atoms with van der Waals surface area (Å²) in [4.78, 5) is 26.5. The first-order valence-electron chi connectivity index (χ1n) is 9.31. The number of carbonyl (C=O) groups excluding carboxylic acids is 2. The van der Waals surface area contributed by atoms with E-state index in [4.69, 9.17) is 13.8 Å². The lowest BCUT2D eigenvalue weighted by Crippen LogP contribution is -2.36. The monoisotopic (exact) mass is 400 g/mol. The average molecular weight is 400 g/mol. The Morgan fingerprint density at radius 3 is 2.29 bits per heavy atom. The van der Waals surface area contributed by atoms with E-state index in [9.17, 15) is 14.2 Å². The quantitative estimate of drug-likeness (QED) is 0.300. The molecule has 1 aliphatic carbocycles. The first-order valence-corrected chi connectivity index (χ1v) is 10.8. The fourth-order valence-corrected chi connectivity index (χ4v) is 6.85. The Hall–Kier alpha value is -2.27. The molecule has 4 rings (SSSR count). The van der Waals surface area contributed by atoms with Gasteiger partial charge in [0.05, 0.1) is 19.1 Å². The van der Waals surface area contributed by atoms with Gasteiger partial charge in [-0.3, -0.25) is 14.2 Å². The highest BCUT2D eigenvalue weighted by Gasteiger charge is 2.85. The highest BCUT2D eigenvalue weighted by Crippen LogP contribution is 2.82. The van der Waals surface area contributed by atoms with Crippen molar-refractivity contribution in [1.82, 2.24) is 0 Å². The predicted molar refractivity (Wildman–Crippen MR) is 103 cm³/mol. The van der Waals surface area contributed by atoms with Crippen molar-refractivity contribution in [1.29, 1.82) is 0 Å². The molecule has 0 saturated heterocycles. The van der Waals surface area contributed by atoms with Crippen LogP contribution in [0, 0.1) is 5.92 Å². The average Bonchev–Trinajstić information content (AvgIpc) is 3.42. The Balaban J connectivity index is 1.89. The molecule has 2 aromatic carbocycles. The third-order valence-corrected chi connectivity index (χ3v) is 8.19. The van der Waals surface area contributed by atoms with Crippen LogP contribution in [0.3, 0.4) is 0 Å². The number of rotatable bonds is 7. The Bertz CT molecular complexity index is 962. The molecule has 6 nitrogen and oxygen atoms in total. The van der Waals surface area contributed by atoms with E-state index in [2.05, 4.69) is 0 Å². The van der Waals surface area contributed by atoms with Gasteiger partial charge < -0.3 is 13.8 Å². The summed E-state index contributed by atoms with van der Waals surface area (Å²) in [5.41, 5.74) is 1.13. The van der Waals surface area contributed by atoms with Gasteiger partial charge in [0.25, 0.3) is 0 Å². The number of esters is 1. The zero-order valence-electron chi connectivity index (χ0n) is 15.7. The Kier molecular flexibility index (Phi) is 4.74. The van der Waals surface area contributed by atoms with E-state index < -0.39 is 30.6 Å². The van der Waals surface area contributed by atoms with Crippen LogP contribution in [0.2, 0.25) is 0 Å². The van der Waals surface area contributed by atoms with Crippen molar-refractivity contribution in [2.24, 2.45) is 5.92 Å². The van der Waals surface area contributed by atoms with E-state index in [1.807, 2.05) is 0 Å². The minimum Gasteiger partial charge on any atom is -0.425 e. The van der Waals surface area contributed by atoms with Crippen LogP contribution in [0.15, 0.2) is 54.6 Å². The van der Waals surface area contributed by atoms with Gasteiger partial charge >= 0.3 is 13.6 Å². The van der Waals surface area contributed by atoms with Crippen molar-refractivity contribution in [3.63, 3.8) is 0 Å². The summed E-state index contributed by atoms with van der Waals surface area (Å²) in [7, 11) is -3.97. The van der Waals surface area contributed by atoms with Crippen molar-refractivity contribution >= 4 is 19.3 Å². The van der Waals surface area contributed by atoms with Crippen LogP contribution in [0.1, 0.15) is 35.7 Å². The third kappa shape index (κ3) is 2.52. The number of fused-ring (bicyclic) bond motifs is 3. The van der Waals surface area contributed by atoms with E-state index >= 15 is 0 Å². The lowest BCUT2D eigenvalue weighted by molar-refractivity contribution is -0.136. The minimum absolute atomic E-state index is 0.0902. The first-order chi connectivity index (χ1) is 13.5. The number of Topliss-reactive ketones (excluding diaryl/α,β-unsaturated/α-hetero) is 1. The van der Waals surface area contributed by atoms with Crippen LogP contribution in [0.5, 0.6) is 5.75 Å². The van der Waals surface area contributed by atoms with Gasteiger partial charge in [0.15, 0.2) is 10.9 Å². The molecule has 7 heteroatoms. The van der Waals surface area contributed by atoms with Gasteiger partial charge in [-0.15, -0.1) is 0 Å². The number of ether oxygens (including phenoxy) is 1. The van der Waals surface area contributed by atoms with Crippen LogP contribution < -0.4 is 4.74 Å². The molecule has 1 aliphatic heterocycles. The topological polar surface area (TPSA) is 78.9 Å². The molecule has 1 heterocycles. The number of hydrogen-bond acceptors (Lipinski definition) is 6. The van der Waals surface area contributed by atoms with E-state index in [1.165, 1.54) is 0 Å². The van der Waals surface area contributed by atoms with Crippen LogP contribution in [0.4, 0.5) is 0 Å². The van der Waals surface area contributed by atoms with E-state index in [0.717, 1.165) is 0 Å². The number of ketones is 1. The summed E-state index contributed by atoms with van der Waals surface area (Å²) in [6.45, 7) is 3.53. The Labute approximate surface area is 163 Å². The predicted octanol–water partition coefficient (Wildman–Crippen LogP) is 4.21. The number of carbonyl (C=O) groups is 2. The fraction of sp³-hybridized carbons (Fsp3) is 0.333. The molecule has 0 unspecified atom stereocenters. The molecular formula is C21H21O6P. The van der Waals surface area contributed by atoms with Crippen molar-refractivity contribution in [2.75, 3.05) is 13.2 Å². The zero-order valence-corrected chi connectivity index (χ0v) is 16.6. The molecule has 0 radical (unpaired) electrons. The summed E-state index contributed by atoms with van der Waals surface area (Å²) < 4.78 is 30.4.